The van der Waals surface area contributed by atoms with Gasteiger partial charge in [-0.1, -0.05) is 18.2 Å². The fraction of sp³-hybridized carbons (Fsp3) is 0.130. The molecule has 0 atom stereocenters. The van der Waals surface area contributed by atoms with Gasteiger partial charge in [0.05, 0.1) is 23.3 Å². The number of rotatable bonds is 4. The van der Waals surface area contributed by atoms with Crippen LogP contribution in [0, 0.1) is 12.7 Å². The van der Waals surface area contributed by atoms with Crippen molar-refractivity contribution in [3.05, 3.63) is 87.9 Å². The van der Waals surface area contributed by atoms with Gasteiger partial charge in [-0.05, 0) is 60.3 Å². The third kappa shape index (κ3) is 3.53. The number of carbonyl (C=O) groups is 1. The molecule has 0 aliphatic rings. The van der Waals surface area contributed by atoms with E-state index in [4.69, 9.17) is 0 Å². The maximum Gasteiger partial charge on any atom is 0.254 e. The van der Waals surface area contributed by atoms with Crippen molar-refractivity contribution in [2.24, 2.45) is 0 Å². The van der Waals surface area contributed by atoms with E-state index in [2.05, 4.69) is 18.0 Å². The molecule has 140 valence electrons. The van der Waals surface area contributed by atoms with Crippen molar-refractivity contribution >= 4 is 28.1 Å². The lowest BCUT2D eigenvalue weighted by Crippen LogP contribution is -2.26. The Hall–Kier alpha value is -3.05. The average Bonchev–Trinajstić information content (AvgIpc) is 3.11. The number of hydrogen-bond acceptors (Lipinski definition) is 3. The molecule has 0 aliphatic carbocycles. The van der Waals surface area contributed by atoms with Crippen molar-refractivity contribution in [3.63, 3.8) is 0 Å². The molecule has 2 aromatic heterocycles. The summed E-state index contributed by atoms with van der Waals surface area (Å²) in [6.45, 7) is 2.61. The molecule has 28 heavy (non-hydrogen) atoms. The molecule has 0 bridgehead atoms. The summed E-state index contributed by atoms with van der Waals surface area (Å²) in [5.41, 5.74) is 3.96. The van der Waals surface area contributed by atoms with E-state index >= 15 is 0 Å². The van der Waals surface area contributed by atoms with E-state index in [0.29, 0.717) is 17.8 Å². The first-order valence-electron chi connectivity index (χ1n) is 8.97. The second-order valence-electron chi connectivity index (χ2n) is 6.77. The topological polar surface area (TPSA) is 33.2 Å². The summed E-state index contributed by atoms with van der Waals surface area (Å²) in [6, 6.07) is 17.6. The number of para-hydroxylation sites is 1. The van der Waals surface area contributed by atoms with E-state index < -0.39 is 0 Å². The van der Waals surface area contributed by atoms with Crippen LogP contribution in [0.1, 0.15) is 20.8 Å². The molecule has 4 rings (SSSR count). The summed E-state index contributed by atoms with van der Waals surface area (Å²) in [4.78, 5) is 20.9. The second kappa shape index (κ2) is 7.52. The van der Waals surface area contributed by atoms with E-state index in [-0.39, 0.29) is 11.7 Å². The zero-order valence-electron chi connectivity index (χ0n) is 15.6. The van der Waals surface area contributed by atoms with Crippen LogP contribution in [0.2, 0.25) is 0 Å². The van der Waals surface area contributed by atoms with Gasteiger partial charge < -0.3 is 4.90 Å². The number of aryl methyl sites for hydroxylation is 1. The first kappa shape index (κ1) is 18.3. The number of nitrogens with zero attached hydrogens (tertiary/aromatic N) is 2. The highest BCUT2D eigenvalue weighted by Gasteiger charge is 2.18. The van der Waals surface area contributed by atoms with Gasteiger partial charge in [-0.2, -0.15) is 0 Å². The maximum absolute atomic E-state index is 13.3. The van der Waals surface area contributed by atoms with Gasteiger partial charge in [0.15, 0.2) is 0 Å². The third-order valence-electron chi connectivity index (χ3n) is 4.78. The molecule has 0 aliphatic heterocycles. The standard InChI is InChI=1S/C23H19FN2OS/c1-15-11-12-28-22(15)14-26(2)23(27)19-13-21(16-7-9-17(24)10-8-16)25-20-6-4-3-5-18(19)20/h3-13H,14H2,1-2H3. The van der Waals surface area contributed by atoms with Gasteiger partial charge in [0.1, 0.15) is 5.82 Å². The zero-order chi connectivity index (χ0) is 19.7. The van der Waals surface area contributed by atoms with E-state index in [0.717, 1.165) is 16.5 Å². The number of hydrogen-bond donors (Lipinski definition) is 0. The van der Waals surface area contributed by atoms with Crippen LogP contribution in [0.5, 0.6) is 0 Å². The molecule has 3 nitrogen and oxygen atoms in total. The Bertz CT molecular complexity index is 1150. The molecule has 0 radical (unpaired) electrons. The van der Waals surface area contributed by atoms with Crippen molar-refractivity contribution in [2.45, 2.75) is 13.5 Å². The van der Waals surface area contributed by atoms with E-state index in [1.54, 1.807) is 34.4 Å². The number of aromatic nitrogens is 1. The molecule has 5 heteroatoms. The number of benzene rings is 2. The molecular weight excluding hydrogens is 371 g/mol. The average molecular weight is 390 g/mol. The minimum atomic E-state index is -0.299. The van der Waals surface area contributed by atoms with Gasteiger partial charge in [-0.3, -0.25) is 4.79 Å². The molecule has 0 fully saturated rings. The highest BCUT2D eigenvalue weighted by atomic mass is 32.1. The maximum atomic E-state index is 13.3. The monoisotopic (exact) mass is 390 g/mol. The van der Waals surface area contributed by atoms with Gasteiger partial charge in [0, 0.05) is 22.9 Å². The Morgan fingerprint density at radius 3 is 2.57 bits per heavy atom. The van der Waals surface area contributed by atoms with Gasteiger partial charge in [-0.25, -0.2) is 9.37 Å². The Morgan fingerprint density at radius 2 is 1.86 bits per heavy atom. The van der Waals surface area contributed by atoms with E-state index in [1.165, 1.54) is 22.6 Å². The predicted molar refractivity (Wildman–Crippen MR) is 112 cm³/mol. The lowest BCUT2D eigenvalue weighted by molar-refractivity contribution is 0.0788. The Labute approximate surface area is 167 Å². The number of fused-ring (bicyclic) bond motifs is 1. The number of pyridine rings is 1. The van der Waals surface area contributed by atoms with Gasteiger partial charge >= 0.3 is 0 Å². The van der Waals surface area contributed by atoms with E-state index in [1.807, 2.05) is 36.7 Å². The first-order valence-corrected chi connectivity index (χ1v) is 9.85. The van der Waals surface area contributed by atoms with Crippen LogP contribution in [-0.2, 0) is 6.54 Å². The summed E-state index contributed by atoms with van der Waals surface area (Å²) in [5.74, 6) is -0.360. The lowest BCUT2D eigenvalue weighted by Gasteiger charge is -2.19. The fourth-order valence-electron chi connectivity index (χ4n) is 3.18. The molecule has 0 saturated heterocycles. The SMILES string of the molecule is Cc1ccsc1CN(C)C(=O)c1cc(-c2ccc(F)cc2)nc2ccccc12. The van der Waals surface area contributed by atoms with Gasteiger partial charge in [0.25, 0.3) is 5.91 Å². The summed E-state index contributed by atoms with van der Waals surface area (Å²) in [5, 5.41) is 2.85. The van der Waals surface area contributed by atoms with Crippen molar-refractivity contribution in [3.8, 4) is 11.3 Å². The molecule has 2 aromatic carbocycles. The quantitative estimate of drug-likeness (QED) is 0.449. The fourth-order valence-corrected chi connectivity index (χ4v) is 4.14. The van der Waals surface area contributed by atoms with Gasteiger partial charge in [-0.15, -0.1) is 11.3 Å². The minimum absolute atomic E-state index is 0.0604. The highest BCUT2D eigenvalue weighted by molar-refractivity contribution is 7.10. The molecule has 0 unspecified atom stereocenters. The number of thiophene rings is 1. The van der Waals surface area contributed by atoms with Gasteiger partial charge in [0.2, 0.25) is 0 Å². The van der Waals surface area contributed by atoms with Crippen LogP contribution in [0.3, 0.4) is 0 Å². The van der Waals surface area contributed by atoms with Crippen molar-refractivity contribution < 1.29 is 9.18 Å². The molecule has 1 amide bonds. The summed E-state index contributed by atoms with van der Waals surface area (Å²) in [7, 11) is 1.81. The number of halogens is 1. The predicted octanol–water partition coefficient (Wildman–Crippen LogP) is 5.68. The lowest BCUT2D eigenvalue weighted by atomic mass is 10.0. The van der Waals surface area contributed by atoms with Crippen molar-refractivity contribution in [2.75, 3.05) is 7.05 Å². The van der Waals surface area contributed by atoms with Crippen molar-refractivity contribution in [1.82, 2.24) is 9.88 Å². The van der Waals surface area contributed by atoms with E-state index in [9.17, 15) is 9.18 Å². The van der Waals surface area contributed by atoms with Crippen LogP contribution in [0.4, 0.5) is 4.39 Å². The normalized spacial score (nSPS) is 11.0. The highest BCUT2D eigenvalue weighted by Crippen LogP contribution is 2.27. The Kier molecular flexibility index (Phi) is 4.92. The minimum Gasteiger partial charge on any atom is -0.337 e. The summed E-state index contributed by atoms with van der Waals surface area (Å²) in [6.07, 6.45) is 0. The molecule has 0 spiro atoms. The smallest absolute Gasteiger partial charge is 0.254 e. The zero-order valence-corrected chi connectivity index (χ0v) is 16.5. The third-order valence-corrected chi connectivity index (χ3v) is 5.79. The number of amides is 1. The van der Waals surface area contributed by atoms with Crippen LogP contribution in [0.15, 0.2) is 66.0 Å². The molecular formula is C23H19FN2OS. The Balaban J connectivity index is 1.77. The number of carbonyl (C=O) groups excluding carboxylic acids is 1. The summed E-state index contributed by atoms with van der Waals surface area (Å²) >= 11 is 1.65. The van der Waals surface area contributed by atoms with Crippen LogP contribution in [-0.4, -0.2) is 22.8 Å². The van der Waals surface area contributed by atoms with Crippen LogP contribution < -0.4 is 0 Å². The molecule has 4 aromatic rings. The van der Waals surface area contributed by atoms with Crippen molar-refractivity contribution in [1.29, 1.82) is 0 Å². The first-order chi connectivity index (χ1) is 13.5. The summed E-state index contributed by atoms with van der Waals surface area (Å²) < 4.78 is 13.3. The largest absolute Gasteiger partial charge is 0.337 e. The molecule has 2 heterocycles. The van der Waals surface area contributed by atoms with Crippen LogP contribution >= 0.6 is 11.3 Å². The molecule has 0 saturated carbocycles. The molecule has 0 N–H and O–H groups in total. The second-order valence-corrected chi connectivity index (χ2v) is 7.77. The van der Waals surface area contributed by atoms with Crippen LogP contribution in [0.25, 0.3) is 22.2 Å². The Morgan fingerprint density at radius 1 is 1.11 bits per heavy atom.